The van der Waals surface area contributed by atoms with Gasteiger partial charge in [0.25, 0.3) is 0 Å². The Morgan fingerprint density at radius 1 is 1.11 bits per heavy atom. The molecule has 1 aromatic rings. The number of halogens is 1. The number of benzene rings is 1. The van der Waals surface area contributed by atoms with Gasteiger partial charge in [-0.15, -0.1) is 0 Å². The number of hydrogen-bond acceptors (Lipinski definition) is 2. The molecule has 0 radical (unpaired) electrons. The fraction of sp³-hybridized carbons (Fsp3) is 0.600. The van der Waals surface area contributed by atoms with Crippen LogP contribution in [-0.2, 0) is 4.74 Å². The lowest BCUT2D eigenvalue weighted by atomic mass is 9.63. The predicted octanol–water partition coefficient (Wildman–Crippen LogP) is 3.21. The summed E-state index contributed by atoms with van der Waals surface area (Å²) in [5, 5.41) is 4.37. The van der Waals surface area contributed by atoms with E-state index in [2.05, 4.69) is 17.4 Å². The van der Waals surface area contributed by atoms with Gasteiger partial charge in [0.2, 0.25) is 0 Å². The minimum absolute atomic E-state index is 0.442. The van der Waals surface area contributed by atoms with E-state index in [4.69, 9.17) is 16.3 Å². The van der Waals surface area contributed by atoms with Crippen LogP contribution in [0.2, 0.25) is 5.02 Å². The first-order valence-electron chi connectivity index (χ1n) is 6.84. The molecular formula is C15H20ClNO. The molecule has 2 fully saturated rings. The van der Waals surface area contributed by atoms with Crippen LogP contribution in [0.5, 0.6) is 0 Å². The molecule has 1 aromatic carbocycles. The fourth-order valence-corrected chi connectivity index (χ4v) is 3.64. The zero-order chi connectivity index (χ0) is 12.4. The van der Waals surface area contributed by atoms with Crippen molar-refractivity contribution >= 4 is 11.6 Å². The molecule has 3 heteroatoms. The average Bonchev–Trinajstić information content (AvgIpc) is 2.42. The summed E-state index contributed by atoms with van der Waals surface area (Å²) in [4.78, 5) is 0. The molecular weight excluding hydrogens is 246 g/mol. The SMILES string of the molecule is Clc1ccc(C2CNCCC23CCOCC3)cc1. The van der Waals surface area contributed by atoms with Crippen molar-refractivity contribution in [2.24, 2.45) is 5.41 Å². The number of ether oxygens (including phenoxy) is 1. The summed E-state index contributed by atoms with van der Waals surface area (Å²) in [6, 6.07) is 8.41. The fourth-order valence-electron chi connectivity index (χ4n) is 3.52. The van der Waals surface area contributed by atoms with Gasteiger partial charge >= 0.3 is 0 Å². The Balaban J connectivity index is 1.89. The highest BCUT2D eigenvalue weighted by molar-refractivity contribution is 6.30. The third-order valence-electron chi connectivity index (χ3n) is 4.65. The Kier molecular flexibility index (Phi) is 3.60. The maximum absolute atomic E-state index is 5.99. The van der Waals surface area contributed by atoms with Crippen LogP contribution in [0.4, 0.5) is 0 Å². The molecule has 0 amide bonds. The van der Waals surface area contributed by atoms with Gasteiger partial charge < -0.3 is 10.1 Å². The first-order valence-corrected chi connectivity index (χ1v) is 7.22. The quantitative estimate of drug-likeness (QED) is 0.842. The summed E-state index contributed by atoms with van der Waals surface area (Å²) in [5.74, 6) is 0.604. The third-order valence-corrected chi connectivity index (χ3v) is 4.90. The van der Waals surface area contributed by atoms with Gasteiger partial charge in [0.15, 0.2) is 0 Å². The normalized spacial score (nSPS) is 27.3. The molecule has 3 rings (SSSR count). The number of rotatable bonds is 1. The highest BCUT2D eigenvalue weighted by Gasteiger charge is 2.42. The minimum Gasteiger partial charge on any atom is -0.381 e. The molecule has 0 bridgehead atoms. The highest BCUT2D eigenvalue weighted by Crippen LogP contribution is 2.48. The molecule has 2 aliphatic rings. The second-order valence-electron chi connectivity index (χ2n) is 5.53. The van der Waals surface area contributed by atoms with Gasteiger partial charge in [-0.05, 0) is 48.9 Å². The minimum atomic E-state index is 0.442. The third kappa shape index (κ3) is 2.29. The average molecular weight is 266 g/mol. The Morgan fingerprint density at radius 2 is 1.83 bits per heavy atom. The zero-order valence-corrected chi connectivity index (χ0v) is 11.4. The smallest absolute Gasteiger partial charge is 0.0471 e. The van der Waals surface area contributed by atoms with Crippen molar-refractivity contribution in [3.8, 4) is 0 Å². The summed E-state index contributed by atoms with van der Waals surface area (Å²) < 4.78 is 5.56. The molecule has 1 spiro atoms. The maximum Gasteiger partial charge on any atom is 0.0471 e. The second-order valence-corrected chi connectivity index (χ2v) is 5.97. The Hall–Kier alpha value is -0.570. The summed E-state index contributed by atoms with van der Waals surface area (Å²) in [7, 11) is 0. The van der Waals surface area contributed by atoms with Crippen LogP contribution < -0.4 is 5.32 Å². The molecule has 0 saturated carbocycles. The lowest BCUT2D eigenvalue weighted by molar-refractivity contribution is -0.0134. The van der Waals surface area contributed by atoms with Crippen molar-refractivity contribution in [2.75, 3.05) is 26.3 Å². The molecule has 2 saturated heterocycles. The number of hydrogen-bond donors (Lipinski definition) is 1. The zero-order valence-electron chi connectivity index (χ0n) is 10.6. The van der Waals surface area contributed by atoms with Gasteiger partial charge in [0.05, 0.1) is 0 Å². The lowest BCUT2D eigenvalue weighted by Gasteiger charge is -2.47. The Morgan fingerprint density at radius 3 is 2.56 bits per heavy atom. The van der Waals surface area contributed by atoms with Crippen molar-refractivity contribution in [2.45, 2.75) is 25.2 Å². The number of piperidine rings is 1. The number of nitrogens with one attached hydrogen (secondary N) is 1. The van der Waals surface area contributed by atoms with E-state index in [9.17, 15) is 0 Å². The van der Waals surface area contributed by atoms with Crippen molar-refractivity contribution in [3.05, 3.63) is 34.9 Å². The van der Waals surface area contributed by atoms with Crippen LogP contribution in [0.15, 0.2) is 24.3 Å². The van der Waals surface area contributed by atoms with Gasteiger partial charge in [-0.1, -0.05) is 23.7 Å². The summed E-state index contributed by atoms with van der Waals surface area (Å²) in [6.45, 7) is 4.07. The molecule has 2 aliphatic heterocycles. The van der Waals surface area contributed by atoms with Gasteiger partial charge in [0, 0.05) is 30.7 Å². The Bertz CT molecular complexity index is 389. The van der Waals surface area contributed by atoms with Crippen molar-refractivity contribution < 1.29 is 4.74 Å². The molecule has 0 aromatic heterocycles. The van der Waals surface area contributed by atoms with Crippen LogP contribution in [0.1, 0.15) is 30.7 Å². The molecule has 1 atom stereocenters. The first-order chi connectivity index (χ1) is 8.80. The van der Waals surface area contributed by atoms with E-state index in [0.29, 0.717) is 11.3 Å². The van der Waals surface area contributed by atoms with E-state index in [1.165, 1.54) is 24.8 Å². The first kappa shape index (κ1) is 12.5. The van der Waals surface area contributed by atoms with Gasteiger partial charge in [-0.2, -0.15) is 0 Å². The predicted molar refractivity (Wildman–Crippen MR) is 74.2 cm³/mol. The molecule has 18 heavy (non-hydrogen) atoms. The lowest BCUT2D eigenvalue weighted by Crippen LogP contribution is -2.46. The molecule has 2 nitrogen and oxygen atoms in total. The molecule has 2 heterocycles. The van der Waals surface area contributed by atoms with E-state index in [0.717, 1.165) is 31.3 Å². The van der Waals surface area contributed by atoms with E-state index in [-0.39, 0.29) is 0 Å². The van der Waals surface area contributed by atoms with Gasteiger partial charge in [0.1, 0.15) is 0 Å². The van der Waals surface area contributed by atoms with Crippen LogP contribution in [0.3, 0.4) is 0 Å². The van der Waals surface area contributed by atoms with E-state index in [1.54, 1.807) is 0 Å². The van der Waals surface area contributed by atoms with Gasteiger partial charge in [-0.3, -0.25) is 0 Å². The summed E-state index contributed by atoms with van der Waals surface area (Å²) in [5.41, 5.74) is 1.87. The molecule has 98 valence electrons. The van der Waals surface area contributed by atoms with Crippen molar-refractivity contribution in [1.29, 1.82) is 0 Å². The van der Waals surface area contributed by atoms with E-state index in [1.807, 2.05) is 12.1 Å². The van der Waals surface area contributed by atoms with Crippen LogP contribution in [-0.4, -0.2) is 26.3 Å². The van der Waals surface area contributed by atoms with Crippen LogP contribution in [0.25, 0.3) is 0 Å². The van der Waals surface area contributed by atoms with Crippen LogP contribution >= 0.6 is 11.6 Å². The van der Waals surface area contributed by atoms with E-state index >= 15 is 0 Å². The summed E-state index contributed by atoms with van der Waals surface area (Å²) >= 11 is 5.99. The molecule has 0 aliphatic carbocycles. The van der Waals surface area contributed by atoms with Crippen molar-refractivity contribution in [3.63, 3.8) is 0 Å². The Labute approximate surface area is 114 Å². The van der Waals surface area contributed by atoms with Crippen LogP contribution in [0, 0.1) is 5.41 Å². The monoisotopic (exact) mass is 265 g/mol. The van der Waals surface area contributed by atoms with Gasteiger partial charge in [-0.25, -0.2) is 0 Å². The molecule has 1 unspecified atom stereocenters. The van der Waals surface area contributed by atoms with Crippen molar-refractivity contribution in [1.82, 2.24) is 5.32 Å². The van der Waals surface area contributed by atoms with E-state index < -0.39 is 0 Å². The highest BCUT2D eigenvalue weighted by atomic mass is 35.5. The summed E-state index contributed by atoms with van der Waals surface area (Å²) in [6.07, 6.45) is 3.66. The molecule has 1 N–H and O–H groups in total. The standard InChI is InChI=1S/C15H20ClNO/c16-13-3-1-12(2-4-13)14-11-17-8-5-15(14)6-9-18-10-7-15/h1-4,14,17H,5-11H2. The largest absolute Gasteiger partial charge is 0.381 e. The maximum atomic E-state index is 5.99. The second kappa shape index (κ2) is 5.20. The topological polar surface area (TPSA) is 21.3 Å².